The van der Waals surface area contributed by atoms with Crippen LogP contribution in [0, 0.1) is 0 Å². The van der Waals surface area contributed by atoms with Crippen molar-refractivity contribution in [1.82, 2.24) is 10.2 Å². The number of nitrogens with one attached hydrogen (secondary N) is 1. The molecule has 21 heavy (non-hydrogen) atoms. The van der Waals surface area contributed by atoms with Gasteiger partial charge in [-0.05, 0) is 31.5 Å². The fourth-order valence-corrected chi connectivity index (χ4v) is 2.53. The molecule has 3 N–H and O–H groups in total. The number of amides is 1. The van der Waals surface area contributed by atoms with Crippen LogP contribution in [0.2, 0.25) is 0 Å². The summed E-state index contributed by atoms with van der Waals surface area (Å²) in [6.45, 7) is 2.41. The topological polar surface area (TPSA) is 82.0 Å². The smallest absolute Gasteiger partial charge is 0.257 e. The highest BCUT2D eigenvalue weighted by molar-refractivity contribution is 5.97. The number of phenols is 2. The minimum atomic E-state index is -0.371. The molecule has 0 bridgehead atoms. The van der Waals surface area contributed by atoms with Crippen LogP contribution in [-0.4, -0.2) is 60.4 Å². The number of benzene rings is 1. The summed E-state index contributed by atoms with van der Waals surface area (Å²) in [7, 11) is 1.59. The first-order valence-corrected chi connectivity index (χ1v) is 7.16. The van der Waals surface area contributed by atoms with E-state index in [4.69, 9.17) is 4.74 Å². The molecule has 2 rings (SSSR count). The molecule has 0 radical (unpaired) electrons. The van der Waals surface area contributed by atoms with Gasteiger partial charge >= 0.3 is 0 Å². The summed E-state index contributed by atoms with van der Waals surface area (Å²) in [6, 6.07) is 4.68. The molecule has 1 aliphatic rings. The molecule has 6 nitrogen and oxygen atoms in total. The monoisotopic (exact) mass is 294 g/mol. The fraction of sp³-hybridized carbons (Fsp3) is 0.533. The predicted molar refractivity (Wildman–Crippen MR) is 78.6 cm³/mol. The Balaban J connectivity index is 2.13. The average Bonchev–Trinajstić information content (AvgIpc) is 2.98. The number of ether oxygens (including phenoxy) is 1. The van der Waals surface area contributed by atoms with Crippen molar-refractivity contribution in [2.45, 2.75) is 18.9 Å². The quantitative estimate of drug-likeness (QED) is 0.680. The van der Waals surface area contributed by atoms with Gasteiger partial charge in [0.2, 0.25) is 0 Å². The number of methoxy groups -OCH3 is 1. The molecule has 1 aliphatic heterocycles. The Morgan fingerprint density at radius 3 is 2.95 bits per heavy atom. The van der Waals surface area contributed by atoms with E-state index in [9.17, 15) is 15.0 Å². The Morgan fingerprint density at radius 2 is 2.29 bits per heavy atom. The lowest BCUT2D eigenvalue weighted by atomic mass is 10.1. The summed E-state index contributed by atoms with van der Waals surface area (Å²) >= 11 is 0. The van der Waals surface area contributed by atoms with E-state index >= 15 is 0 Å². The van der Waals surface area contributed by atoms with E-state index in [0.29, 0.717) is 19.7 Å². The van der Waals surface area contributed by atoms with Gasteiger partial charge in [0.15, 0.2) is 11.5 Å². The van der Waals surface area contributed by atoms with Crippen LogP contribution in [-0.2, 0) is 4.74 Å². The third-order valence-electron chi connectivity index (χ3n) is 3.70. The highest BCUT2D eigenvalue weighted by atomic mass is 16.5. The van der Waals surface area contributed by atoms with Crippen molar-refractivity contribution in [2.24, 2.45) is 0 Å². The lowest BCUT2D eigenvalue weighted by Crippen LogP contribution is -2.42. The summed E-state index contributed by atoms with van der Waals surface area (Å²) in [5.74, 6) is -0.954. The highest BCUT2D eigenvalue weighted by Crippen LogP contribution is 2.29. The summed E-state index contributed by atoms with van der Waals surface area (Å²) in [5.41, 5.74) is 0.115. The van der Waals surface area contributed by atoms with Crippen LogP contribution < -0.4 is 5.32 Å². The van der Waals surface area contributed by atoms with Gasteiger partial charge in [-0.3, -0.25) is 4.79 Å². The standard InChI is InChI=1S/C15H22N2O4/c1-21-9-8-17(10-11-4-3-7-16-11)15(20)12-5-2-6-13(18)14(12)19/h2,5-6,11,16,18-19H,3-4,7-10H2,1H3. The van der Waals surface area contributed by atoms with Gasteiger partial charge < -0.3 is 25.2 Å². The Hall–Kier alpha value is -1.79. The van der Waals surface area contributed by atoms with E-state index in [0.717, 1.165) is 19.4 Å². The fourth-order valence-electron chi connectivity index (χ4n) is 2.53. The first kappa shape index (κ1) is 15.6. The van der Waals surface area contributed by atoms with Crippen molar-refractivity contribution in [3.05, 3.63) is 23.8 Å². The van der Waals surface area contributed by atoms with Gasteiger partial charge in [0.1, 0.15) is 0 Å². The first-order valence-electron chi connectivity index (χ1n) is 7.16. The number of phenolic OH excluding ortho intramolecular Hbond substituents is 2. The zero-order valence-electron chi connectivity index (χ0n) is 12.2. The molecular formula is C15H22N2O4. The van der Waals surface area contributed by atoms with Crippen LogP contribution in [0.25, 0.3) is 0 Å². The van der Waals surface area contributed by atoms with E-state index < -0.39 is 0 Å². The van der Waals surface area contributed by atoms with Gasteiger partial charge in [-0.1, -0.05) is 6.07 Å². The molecule has 116 valence electrons. The molecule has 0 aromatic heterocycles. The molecule has 0 saturated carbocycles. The van der Waals surface area contributed by atoms with Crippen LogP contribution in [0.5, 0.6) is 11.5 Å². The van der Waals surface area contributed by atoms with Gasteiger partial charge in [0.25, 0.3) is 5.91 Å². The van der Waals surface area contributed by atoms with Gasteiger partial charge in [-0.2, -0.15) is 0 Å². The van der Waals surface area contributed by atoms with Gasteiger partial charge in [-0.25, -0.2) is 0 Å². The SMILES string of the molecule is COCCN(CC1CCCN1)C(=O)c1cccc(O)c1O. The van der Waals surface area contributed by atoms with Crippen molar-refractivity contribution < 1.29 is 19.7 Å². The lowest BCUT2D eigenvalue weighted by Gasteiger charge is -2.26. The van der Waals surface area contributed by atoms with Crippen LogP contribution in [0.1, 0.15) is 23.2 Å². The van der Waals surface area contributed by atoms with Crippen LogP contribution in [0.4, 0.5) is 0 Å². The first-order chi connectivity index (χ1) is 10.1. The molecule has 1 heterocycles. The van der Waals surface area contributed by atoms with Gasteiger partial charge in [0.05, 0.1) is 12.2 Å². The molecular weight excluding hydrogens is 272 g/mol. The maximum Gasteiger partial charge on any atom is 0.257 e. The third-order valence-corrected chi connectivity index (χ3v) is 3.70. The molecule has 0 aliphatic carbocycles. The minimum Gasteiger partial charge on any atom is -0.504 e. The van der Waals surface area contributed by atoms with E-state index in [2.05, 4.69) is 5.32 Å². The third kappa shape index (κ3) is 3.86. The molecule has 1 amide bonds. The summed E-state index contributed by atoms with van der Waals surface area (Å²) in [6.07, 6.45) is 2.14. The van der Waals surface area contributed by atoms with E-state index in [1.165, 1.54) is 12.1 Å². The molecule has 1 aromatic rings. The average molecular weight is 294 g/mol. The molecule has 1 fully saturated rings. The van der Waals surface area contributed by atoms with Crippen molar-refractivity contribution in [3.8, 4) is 11.5 Å². The normalized spacial score (nSPS) is 17.9. The van der Waals surface area contributed by atoms with Crippen molar-refractivity contribution in [3.63, 3.8) is 0 Å². The summed E-state index contributed by atoms with van der Waals surface area (Å²) in [5, 5.41) is 22.7. The van der Waals surface area contributed by atoms with Gasteiger partial charge in [-0.15, -0.1) is 0 Å². The summed E-state index contributed by atoms with van der Waals surface area (Å²) < 4.78 is 5.05. The number of para-hydroxylation sites is 1. The van der Waals surface area contributed by atoms with Gasteiger partial charge in [0, 0.05) is 26.2 Å². The second kappa shape index (κ2) is 7.28. The Bertz CT molecular complexity index is 487. The summed E-state index contributed by atoms with van der Waals surface area (Å²) in [4.78, 5) is 14.2. The number of carbonyl (C=O) groups excluding carboxylic acids is 1. The maximum absolute atomic E-state index is 12.6. The second-order valence-corrected chi connectivity index (χ2v) is 5.21. The van der Waals surface area contributed by atoms with Crippen molar-refractivity contribution in [1.29, 1.82) is 0 Å². The zero-order valence-corrected chi connectivity index (χ0v) is 12.2. The highest BCUT2D eigenvalue weighted by Gasteiger charge is 2.24. The molecule has 1 saturated heterocycles. The Morgan fingerprint density at radius 1 is 1.48 bits per heavy atom. The maximum atomic E-state index is 12.6. The molecule has 0 spiro atoms. The second-order valence-electron chi connectivity index (χ2n) is 5.21. The van der Waals surface area contributed by atoms with E-state index in [1.807, 2.05) is 0 Å². The van der Waals surface area contributed by atoms with E-state index in [-0.39, 0.29) is 29.0 Å². The number of hydrogen-bond donors (Lipinski definition) is 3. The molecule has 1 aromatic carbocycles. The molecule has 1 atom stereocenters. The number of nitrogens with zero attached hydrogens (tertiary/aromatic N) is 1. The minimum absolute atomic E-state index is 0.115. The predicted octanol–water partition coefficient (Wildman–Crippen LogP) is 0.938. The molecule has 1 unspecified atom stereocenters. The Labute approximate surface area is 124 Å². The number of carbonyl (C=O) groups is 1. The van der Waals surface area contributed by atoms with E-state index in [1.54, 1.807) is 18.1 Å². The Kier molecular flexibility index (Phi) is 5.41. The number of aromatic hydroxyl groups is 2. The van der Waals surface area contributed by atoms with Crippen LogP contribution >= 0.6 is 0 Å². The lowest BCUT2D eigenvalue weighted by molar-refractivity contribution is 0.0675. The van der Waals surface area contributed by atoms with Crippen molar-refractivity contribution in [2.75, 3.05) is 33.4 Å². The zero-order chi connectivity index (χ0) is 15.2. The molecule has 6 heteroatoms. The van der Waals surface area contributed by atoms with Crippen molar-refractivity contribution >= 4 is 5.91 Å². The van der Waals surface area contributed by atoms with Crippen LogP contribution in [0.15, 0.2) is 18.2 Å². The largest absolute Gasteiger partial charge is 0.504 e. The van der Waals surface area contributed by atoms with Crippen LogP contribution in [0.3, 0.4) is 0 Å². The number of rotatable bonds is 6. The number of hydrogen-bond acceptors (Lipinski definition) is 5.